The lowest BCUT2D eigenvalue weighted by Crippen LogP contribution is -2.17. The predicted octanol–water partition coefficient (Wildman–Crippen LogP) is 4.43. The van der Waals surface area contributed by atoms with Crippen LogP contribution in [0.1, 0.15) is 10.4 Å². The van der Waals surface area contributed by atoms with Crippen LogP contribution in [0.15, 0.2) is 34.8 Å². The fraction of sp³-hybridized carbons (Fsp3) is 0.154. The van der Waals surface area contributed by atoms with Crippen LogP contribution in [-0.4, -0.2) is 12.0 Å². The van der Waals surface area contributed by atoms with Crippen LogP contribution < -0.4 is 10.6 Å². The minimum atomic E-state index is 0.403. The Morgan fingerprint density at radius 3 is 2.68 bits per heavy atom. The first-order chi connectivity index (χ1) is 8.97. The van der Waals surface area contributed by atoms with Gasteiger partial charge in [0.1, 0.15) is 4.99 Å². The maximum Gasteiger partial charge on any atom is 0.104 e. The summed E-state index contributed by atoms with van der Waals surface area (Å²) in [6.07, 6.45) is 0. The molecular weight excluding hydrogens is 364 g/mol. The van der Waals surface area contributed by atoms with Gasteiger partial charge in [0.15, 0.2) is 0 Å². The average molecular weight is 376 g/mol. The zero-order valence-electron chi connectivity index (χ0n) is 10.2. The fourth-order valence-electron chi connectivity index (χ4n) is 1.73. The van der Waals surface area contributed by atoms with Gasteiger partial charge < -0.3 is 10.6 Å². The molecule has 19 heavy (non-hydrogen) atoms. The van der Waals surface area contributed by atoms with Gasteiger partial charge in [-0.15, -0.1) is 11.3 Å². The van der Waals surface area contributed by atoms with E-state index >= 15 is 0 Å². The van der Waals surface area contributed by atoms with E-state index in [1.807, 2.05) is 37.4 Å². The molecule has 2 rings (SSSR count). The first-order valence-corrected chi connectivity index (χ1v) is 7.91. The van der Waals surface area contributed by atoms with Crippen LogP contribution in [0.25, 0.3) is 0 Å². The number of nitrogens with two attached hydrogens (primary N) is 1. The van der Waals surface area contributed by atoms with Crippen LogP contribution in [0.5, 0.6) is 0 Å². The van der Waals surface area contributed by atoms with Crippen molar-refractivity contribution in [2.45, 2.75) is 6.54 Å². The van der Waals surface area contributed by atoms with Crippen LogP contribution in [0.4, 0.5) is 5.69 Å². The van der Waals surface area contributed by atoms with Gasteiger partial charge in [0.2, 0.25) is 0 Å². The van der Waals surface area contributed by atoms with Crippen molar-refractivity contribution in [2.75, 3.05) is 11.9 Å². The van der Waals surface area contributed by atoms with Gasteiger partial charge >= 0.3 is 0 Å². The van der Waals surface area contributed by atoms with Crippen molar-refractivity contribution in [2.24, 2.45) is 5.73 Å². The van der Waals surface area contributed by atoms with Gasteiger partial charge in [0, 0.05) is 22.0 Å². The molecule has 2 aromatic rings. The SMILES string of the molecule is CN(Cc1ccc(Cl)s1)c1ccc(C(N)=S)cc1Br. The van der Waals surface area contributed by atoms with Gasteiger partial charge in [-0.05, 0) is 46.3 Å². The monoisotopic (exact) mass is 374 g/mol. The lowest BCUT2D eigenvalue weighted by molar-refractivity contribution is 0.937. The molecule has 0 saturated heterocycles. The van der Waals surface area contributed by atoms with E-state index in [1.165, 1.54) is 4.88 Å². The minimum absolute atomic E-state index is 0.403. The lowest BCUT2D eigenvalue weighted by atomic mass is 10.2. The number of rotatable bonds is 4. The number of hydrogen-bond donors (Lipinski definition) is 1. The summed E-state index contributed by atoms with van der Waals surface area (Å²) in [7, 11) is 2.04. The normalized spacial score (nSPS) is 10.5. The van der Waals surface area contributed by atoms with Crippen molar-refractivity contribution >= 4 is 61.8 Å². The summed E-state index contributed by atoms with van der Waals surface area (Å²) in [5.74, 6) is 0. The van der Waals surface area contributed by atoms with Gasteiger partial charge in [0.25, 0.3) is 0 Å². The Bertz CT molecular complexity index is 612. The highest BCUT2D eigenvalue weighted by atomic mass is 79.9. The van der Waals surface area contributed by atoms with E-state index in [1.54, 1.807) is 11.3 Å². The molecule has 0 saturated carbocycles. The minimum Gasteiger partial charge on any atom is -0.389 e. The van der Waals surface area contributed by atoms with Crippen LogP contribution in [0.3, 0.4) is 0 Å². The van der Waals surface area contributed by atoms with Gasteiger partial charge in [-0.3, -0.25) is 0 Å². The lowest BCUT2D eigenvalue weighted by Gasteiger charge is -2.20. The van der Waals surface area contributed by atoms with E-state index in [9.17, 15) is 0 Å². The largest absolute Gasteiger partial charge is 0.389 e. The Morgan fingerprint density at radius 2 is 2.16 bits per heavy atom. The molecule has 0 fully saturated rings. The highest BCUT2D eigenvalue weighted by Gasteiger charge is 2.09. The zero-order valence-corrected chi connectivity index (χ0v) is 14.2. The molecule has 2 N–H and O–H groups in total. The number of halogens is 2. The van der Waals surface area contributed by atoms with E-state index in [0.29, 0.717) is 4.99 Å². The Morgan fingerprint density at radius 1 is 1.42 bits per heavy atom. The highest BCUT2D eigenvalue weighted by Crippen LogP contribution is 2.29. The second-order valence-electron chi connectivity index (χ2n) is 4.09. The van der Waals surface area contributed by atoms with Gasteiger partial charge in [0.05, 0.1) is 16.6 Å². The van der Waals surface area contributed by atoms with Gasteiger partial charge in [-0.25, -0.2) is 0 Å². The summed E-state index contributed by atoms with van der Waals surface area (Å²) in [4.78, 5) is 3.77. The first-order valence-electron chi connectivity index (χ1n) is 5.52. The van der Waals surface area contributed by atoms with Gasteiger partial charge in [-0.2, -0.15) is 0 Å². The molecule has 0 aliphatic rings. The summed E-state index contributed by atoms with van der Waals surface area (Å²) in [6.45, 7) is 0.808. The fourth-order valence-corrected chi connectivity index (χ4v) is 3.67. The van der Waals surface area contributed by atoms with Crippen molar-refractivity contribution < 1.29 is 0 Å². The summed E-state index contributed by atoms with van der Waals surface area (Å²) in [6, 6.07) is 9.84. The number of benzene rings is 1. The van der Waals surface area contributed by atoms with Crippen LogP contribution in [-0.2, 0) is 6.54 Å². The predicted molar refractivity (Wildman–Crippen MR) is 91.5 cm³/mol. The summed E-state index contributed by atoms with van der Waals surface area (Å²) < 4.78 is 1.79. The highest BCUT2D eigenvalue weighted by molar-refractivity contribution is 9.10. The molecule has 0 radical (unpaired) electrons. The Hall–Kier alpha value is -0.620. The zero-order chi connectivity index (χ0) is 14.0. The maximum absolute atomic E-state index is 5.94. The average Bonchev–Trinajstić information content (AvgIpc) is 2.74. The molecule has 1 aromatic heterocycles. The standard InChI is InChI=1S/C13H12BrClN2S2/c1-17(7-9-3-5-12(15)19-9)11-4-2-8(13(16)18)6-10(11)14/h2-6H,7H2,1H3,(H2,16,18). The third-order valence-corrected chi connectivity index (χ3v) is 4.75. The van der Waals surface area contributed by atoms with E-state index in [4.69, 9.17) is 29.6 Å². The van der Waals surface area contributed by atoms with Crippen molar-refractivity contribution in [1.82, 2.24) is 0 Å². The molecular formula is C13H12BrClN2S2. The van der Waals surface area contributed by atoms with Crippen LogP contribution in [0, 0.1) is 0 Å². The Balaban J connectivity index is 2.19. The van der Waals surface area contributed by atoms with E-state index < -0.39 is 0 Å². The Kier molecular flexibility index (Phi) is 4.84. The second-order valence-corrected chi connectivity index (χ2v) is 7.19. The molecule has 0 aliphatic heterocycles. The smallest absolute Gasteiger partial charge is 0.104 e. The third kappa shape index (κ3) is 3.69. The van der Waals surface area contributed by atoms with E-state index in [2.05, 4.69) is 20.8 Å². The first kappa shape index (κ1) is 14.8. The number of nitrogens with zero attached hydrogens (tertiary/aromatic N) is 1. The molecule has 0 aliphatic carbocycles. The Labute approximate surface area is 135 Å². The topological polar surface area (TPSA) is 29.3 Å². The maximum atomic E-state index is 5.94. The number of hydrogen-bond acceptors (Lipinski definition) is 3. The van der Waals surface area contributed by atoms with E-state index in [-0.39, 0.29) is 0 Å². The number of thiocarbonyl (C=S) groups is 1. The number of thiophene rings is 1. The number of anilines is 1. The third-order valence-electron chi connectivity index (χ3n) is 2.67. The summed E-state index contributed by atoms with van der Waals surface area (Å²) in [5.41, 5.74) is 7.57. The van der Waals surface area contributed by atoms with Crippen LogP contribution in [0.2, 0.25) is 4.34 Å². The summed E-state index contributed by atoms with van der Waals surface area (Å²) in [5, 5.41) is 0. The molecule has 0 spiro atoms. The molecule has 0 bridgehead atoms. The second kappa shape index (κ2) is 6.22. The van der Waals surface area contributed by atoms with Crippen molar-refractivity contribution in [3.8, 4) is 0 Å². The van der Waals surface area contributed by atoms with Crippen LogP contribution >= 0.6 is 51.1 Å². The molecule has 1 heterocycles. The molecule has 2 nitrogen and oxygen atoms in total. The molecule has 0 amide bonds. The molecule has 1 aromatic carbocycles. The van der Waals surface area contributed by atoms with Gasteiger partial charge in [-0.1, -0.05) is 23.8 Å². The van der Waals surface area contributed by atoms with Crippen molar-refractivity contribution in [1.29, 1.82) is 0 Å². The molecule has 100 valence electrons. The molecule has 0 unspecified atom stereocenters. The quantitative estimate of drug-likeness (QED) is 0.801. The van der Waals surface area contributed by atoms with Crippen molar-refractivity contribution in [3.63, 3.8) is 0 Å². The summed E-state index contributed by atoms with van der Waals surface area (Å²) >= 11 is 16.1. The molecule has 6 heteroatoms. The van der Waals surface area contributed by atoms with E-state index in [0.717, 1.165) is 26.6 Å². The van der Waals surface area contributed by atoms with Crippen molar-refractivity contribution in [3.05, 3.63) is 49.6 Å². The molecule has 0 atom stereocenters.